The van der Waals surface area contributed by atoms with Gasteiger partial charge < -0.3 is 19.3 Å². The monoisotopic (exact) mass is 306 g/mol. The Hall–Kier alpha value is -2.24. The van der Waals surface area contributed by atoms with Crippen molar-refractivity contribution >= 4 is 12.3 Å². The lowest BCUT2D eigenvalue weighted by Crippen LogP contribution is -2.48. The molecule has 6 heteroatoms. The molecule has 1 aliphatic rings. The summed E-state index contributed by atoms with van der Waals surface area (Å²) in [6.07, 6.45) is 1.95. The maximum Gasteiger partial charge on any atom is 0.223 e. The van der Waals surface area contributed by atoms with Crippen molar-refractivity contribution in [3.8, 4) is 11.5 Å². The van der Waals surface area contributed by atoms with Gasteiger partial charge in [-0.3, -0.25) is 9.59 Å². The van der Waals surface area contributed by atoms with Crippen molar-refractivity contribution in [2.24, 2.45) is 0 Å². The highest BCUT2D eigenvalue weighted by molar-refractivity contribution is 5.76. The molecule has 2 amide bonds. The zero-order valence-corrected chi connectivity index (χ0v) is 13.1. The van der Waals surface area contributed by atoms with Gasteiger partial charge in [-0.1, -0.05) is 6.07 Å². The fraction of sp³-hybridized carbons (Fsp3) is 0.500. The zero-order chi connectivity index (χ0) is 15.9. The maximum absolute atomic E-state index is 12.2. The average molecular weight is 306 g/mol. The predicted octanol–water partition coefficient (Wildman–Crippen LogP) is 0.937. The molecule has 1 fully saturated rings. The third-order valence-corrected chi connectivity index (χ3v) is 3.89. The van der Waals surface area contributed by atoms with Crippen LogP contribution in [-0.4, -0.2) is 62.5 Å². The number of aryl methyl sites for hydroxylation is 1. The summed E-state index contributed by atoms with van der Waals surface area (Å²) in [7, 11) is 3.19. The highest BCUT2D eigenvalue weighted by atomic mass is 16.5. The Morgan fingerprint density at radius 3 is 2.41 bits per heavy atom. The molecule has 0 unspecified atom stereocenters. The van der Waals surface area contributed by atoms with Gasteiger partial charge in [0, 0.05) is 32.6 Å². The SMILES string of the molecule is COc1ccc(CCC(=O)N2CCN(C=O)CC2)cc1OC. The summed E-state index contributed by atoms with van der Waals surface area (Å²) >= 11 is 0. The Balaban J connectivity index is 1.87. The molecular formula is C16H22N2O4. The molecule has 0 aromatic heterocycles. The number of amides is 2. The number of methoxy groups -OCH3 is 2. The molecule has 0 spiro atoms. The molecule has 1 saturated heterocycles. The summed E-state index contributed by atoms with van der Waals surface area (Å²) in [6.45, 7) is 2.46. The van der Waals surface area contributed by atoms with Crippen LogP contribution in [0.25, 0.3) is 0 Å². The number of ether oxygens (including phenoxy) is 2. The van der Waals surface area contributed by atoms with Gasteiger partial charge in [-0.15, -0.1) is 0 Å². The van der Waals surface area contributed by atoms with Crippen LogP contribution in [0.3, 0.4) is 0 Å². The average Bonchev–Trinajstić information content (AvgIpc) is 2.59. The number of carbonyl (C=O) groups excluding carboxylic acids is 2. The second kappa shape index (κ2) is 7.68. The van der Waals surface area contributed by atoms with Crippen molar-refractivity contribution in [3.63, 3.8) is 0 Å². The van der Waals surface area contributed by atoms with Crippen LogP contribution in [0.5, 0.6) is 11.5 Å². The Kier molecular flexibility index (Phi) is 5.63. The van der Waals surface area contributed by atoms with E-state index in [4.69, 9.17) is 9.47 Å². The van der Waals surface area contributed by atoms with Gasteiger partial charge in [-0.25, -0.2) is 0 Å². The molecule has 2 rings (SSSR count). The topological polar surface area (TPSA) is 59.1 Å². The van der Waals surface area contributed by atoms with Crippen LogP contribution in [-0.2, 0) is 16.0 Å². The van der Waals surface area contributed by atoms with Crippen molar-refractivity contribution in [3.05, 3.63) is 23.8 Å². The van der Waals surface area contributed by atoms with E-state index in [0.29, 0.717) is 50.5 Å². The first kappa shape index (κ1) is 16.1. The molecule has 6 nitrogen and oxygen atoms in total. The number of nitrogens with zero attached hydrogens (tertiary/aromatic N) is 2. The lowest BCUT2D eigenvalue weighted by atomic mass is 10.1. The number of benzene rings is 1. The smallest absolute Gasteiger partial charge is 0.223 e. The summed E-state index contributed by atoms with van der Waals surface area (Å²) in [4.78, 5) is 26.4. The van der Waals surface area contributed by atoms with E-state index in [9.17, 15) is 9.59 Å². The van der Waals surface area contributed by atoms with Crippen molar-refractivity contribution < 1.29 is 19.1 Å². The highest BCUT2D eigenvalue weighted by Gasteiger charge is 2.19. The summed E-state index contributed by atoms with van der Waals surface area (Å²) in [5, 5.41) is 0. The van der Waals surface area contributed by atoms with E-state index >= 15 is 0 Å². The maximum atomic E-state index is 12.2. The summed E-state index contributed by atoms with van der Waals surface area (Å²) in [5.41, 5.74) is 1.04. The van der Waals surface area contributed by atoms with Gasteiger partial charge >= 0.3 is 0 Å². The van der Waals surface area contributed by atoms with Crippen molar-refractivity contribution in [2.45, 2.75) is 12.8 Å². The Morgan fingerprint density at radius 1 is 1.14 bits per heavy atom. The molecule has 0 saturated carbocycles. The zero-order valence-electron chi connectivity index (χ0n) is 13.1. The van der Waals surface area contributed by atoms with Crippen LogP contribution >= 0.6 is 0 Å². The molecule has 0 bridgehead atoms. The minimum atomic E-state index is 0.125. The minimum Gasteiger partial charge on any atom is -0.493 e. The van der Waals surface area contributed by atoms with Crippen molar-refractivity contribution in [1.29, 1.82) is 0 Å². The Bertz CT molecular complexity index is 525. The number of carbonyl (C=O) groups is 2. The van der Waals surface area contributed by atoms with E-state index in [-0.39, 0.29) is 5.91 Å². The van der Waals surface area contributed by atoms with Gasteiger partial charge in [0.1, 0.15) is 0 Å². The van der Waals surface area contributed by atoms with Gasteiger partial charge in [0.2, 0.25) is 12.3 Å². The lowest BCUT2D eigenvalue weighted by Gasteiger charge is -2.32. The van der Waals surface area contributed by atoms with E-state index in [1.165, 1.54) is 0 Å². The minimum absolute atomic E-state index is 0.125. The van der Waals surface area contributed by atoms with Crippen LogP contribution in [0.15, 0.2) is 18.2 Å². The third kappa shape index (κ3) is 3.90. The van der Waals surface area contributed by atoms with Crippen LogP contribution < -0.4 is 9.47 Å². The van der Waals surface area contributed by atoms with E-state index in [2.05, 4.69) is 0 Å². The Labute approximate surface area is 130 Å². The summed E-state index contributed by atoms with van der Waals surface area (Å²) in [6, 6.07) is 5.69. The van der Waals surface area contributed by atoms with Crippen LogP contribution in [0, 0.1) is 0 Å². The standard InChI is InChI=1S/C16H22N2O4/c1-21-14-5-3-13(11-15(14)22-2)4-6-16(20)18-9-7-17(12-19)8-10-18/h3,5,11-12H,4,6-10H2,1-2H3. The molecule has 120 valence electrons. The summed E-state index contributed by atoms with van der Waals surface area (Å²) < 4.78 is 10.5. The van der Waals surface area contributed by atoms with Gasteiger partial charge in [-0.05, 0) is 24.1 Å². The molecule has 0 aliphatic carbocycles. The first-order valence-corrected chi connectivity index (χ1v) is 7.36. The van der Waals surface area contributed by atoms with Crippen LogP contribution in [0.2, 0.25) is 0 Å². The van der Waals surface area contributed by atoms with Crippen molar-refractivity contribution in [1.82, 2.24) is 9.80 Å². The van der Waals surface area contributed by atoms with E-state index in [1.54, 1.807) is 19.1 Å². The second-order valence-corrected chi connectivity index (χ2v) is 5.21. The van der Waals surface area contributed by atoms with E-state index in [0.717, 1.165) is 12.0 Å². The molecule has 1 aromatic carbocycles. The molecule has 22 heavy (non-hydrogen) atoms. The van der Waals surface area contributed by atoms with Crippen LogP contribution in [0.1, 0.15) is 12.0 Å². The molecule has 0 N–H and O–H groups in total. The number of hydrogen-bond donors (Lipinski definition) is 0. The van der Waals surface area contributed by atoms with Gasteiger partial charge in [0.15, 0.2) is 11.5 Å². The molecule has 1 aromatic rings. The number of hydrogen-bond acceptors (Lipinski definition) is 4. The fourth-order valence-corrected chi connectivity index (χ4v) is 2.52. The number of piperazine rings is 1. The largest absolute Gasteiger partial charge is 0.493 e. The highest BCUT2D eigenvalue weighted by Crippen LogP contribution is 2.28. The second-order valence-electron chi connectivity index (χ2n) is 5.21. The normalized spacial score (nSPS) is 14.6. The first-order valence-electron chi connectivity index (χ1n) is 7.36. The first-order chi connectivity index (χ1) is 10.7. The Morgan fingerprint density at radius 2 is 1.82 bits per heavy atom. The van der Waals surface area contributed by atoms with Gasteiger partial charge in [0.05, 0.1) is 14.2 Å². The molecular weight excluding hydrogens is 284 g/mol. The van der Waals surface area contributed by atoms with E-state index in [1.807, 2.05) is 23.1 Å². The summed E-state index contributed by atoms with van der Waals surface area (Å²) in [5.74, 6) is 1.48. The predicted molar refractivity (Wildman–Crippen MR) is 82.1 cm³/mol. The van der Waals surface area contributed by atoms with Crippen LogP contribution in [0.4, 0.5) is 0 Å². The molecule has 0 atom stereocenters. The lowest BCUT2D eigenvalue weighted by molar-refractivity contribution is -0.135. The molecule has 1 heterocycles. The van der Waals surface area contributed by atoms with Gasteiger partial charge in [-0.2, -0.15) is 0 Å². The van der Waals surface area contributed by atoms with Gasteiger partial charge in [0.25, 0.3) is 0 Å². The number of rotatable bonds is 6. The molecule has 1 aliphatic heterocycles. The quantitative estimate of drug-likeness (QED) is 0.734. The van der Waals surface area contributed by atoms with Crippen molar-refractivity contribution in [2.75, 3.05) is 40.4 Å². The molecule has 0 radical (unpaired) electrons. The third-order valence-electron chi connectivity index (χ3n) is 3.89. The van der Waals surface area contributed by atoms with E-state index < -0.39 is 0 Å². The fourth-order valence-electron chi connectivity index (χ4n) is 2.52.